The van der Waals surface area contributed by atoms with Gasteiger partial charge in [0.2, 0.25) is 17.7 Å². The number of carboxylic acid groups (broad SMARTS) is 1. The molecular weight excluding hydrogens is 372 g/mol. The number of hydrogen-bond donors (Lipinski definition) is 7. The molecule has 12 nitrogen and oxygen atoms in total. The summed E-state index contributed by atoms with van der Waals surface area (Å²) in [6.07, 6.45) is 1.72. The number of H-pyrrole nitrogens is 1. The lowest BCUT2D eigenvalue weighted by Crippen LogP contribution is -2.56. The lowest BCUT2D eigenvalue weighted by atomic mass is 10.1. The highest BCUT2D eigenvalue weighted by Gasteiger charge is 2.27. The van der Waals surface area contributed by atoms with Crippen LogP contribution in [0.3, 0.4) is 0 Å². The molecule has 0 aliphatic heterocycles. The van der Waals surface area contributed by atoms with E-state index < -0.39 is 54.0 Å². The number of carbonyl (C=O) groups is 4. The quantitative estimate of drug-likeness (QED) is 0.220. The Kier molecular flexibility index (Phi) is 8.54. The average Bonchev–Trinajstić information content (AvgIpc) is 3.12. The number of aromatic nitrogens is 2. The third-order valence-corrected chi connectivity index (χ3v) is 3.92. The van der Waals surface area contributed by atoms with Crippen LogP contribution in [0, 0.1) is 0 Å². The third kappa shape index (κ3) is 6.96. The van der Waals surface area contributed by atoms with Crippen LogP contribution in [-0.2, 0) is 25.6 Å². The Morgan fingerprint density at radius 1 is 1.07 bits per heavy atom. The molecule has 0 saturated carbocycles. The molecule has 0 fully saturated rings. The highest BCUT2D eigenvalue weighted by Crippen LogP contribution is 2.00. The normalized spacial score (nSPS) is 16.2. The first-order valence-corrected chi connectivity index (χ1v) is 8.57. The van der Waals surface area contributed by atoms with Gasteiger partial charge in [-0.15, -0.1) is 0 Å². The molecular formula is C16H26N6O6. The number of aliphatic hydroxyl groups is 1. The summed E-state index contributed by atoms with van der Waals surface area (Å²) in [5.74, 6) is -3.34. The number of nitrogens with one attached hydrogen (secondary N) is 4. The van der Waals surface area contributed by atoms with Crippen LogP contribution in [0.2, 0.25) is 0 Å². The summed E-state index contributed by atoms with van der Waals surface area (Å²) in [6, 6.07) is -4.49. The van der Waals surface area contributed by atoms with Crippen molar-refractivity contribution in [2.45, 2.75) is 57.5 Å². The van der Waals surface area contributed by atoms with Gasteiger partial charge < -0.3 is 36.9 Å². The number of nitrogens with two attached hydrogens (primary N) is 1. The predicted octanol–water partition coefficient (Wildman–Crippen LogP) is -2.76. The molecule has 1 aromatic rings. The Morgan fingerprint density at radius 2 is 1.61 bits per heavy atom. The number of carboxylic acids is 1. The van der Waals surface area contributed by atoms with E-state index in [0.717, 1.165) is 0 Å². The maximum absolute atomic E-state index is 12.2. The smallest absolute Gasteiger partial charge is 0.326 e. The van der Waals surface area contributed by atoms with Crippen LogP contribution in [0.25, 0.3) is 0 Å². The van der Waals surface area contributed by atoms with Gasteiger partial charge in [-0.3, -0.25) is 14.4 Å². The molecule has 0 aliphatic rings. The van der Waals surface area contributed by atoms with Crippen molar-refractivity contribution in [3.8, 4) is 0 Å². The van der Waals surface area contributed by atoms with Crippen molar-refractivity contribution in [2.24, 2.45) is 5.73 Å². The van der Waals surface area contributed by atoms with Crippen molar-refractivity contribution in [2.75, 3.05) is 0 Å². The molecule has 156 valence electrons. The molecule has 1 rings (SSSR count). The molecule has 5 atom stereocenters. The van der Waals surface area contributed by atoms with Gasteiger partial charge in [0, 0.05) is 18.3 Å². The molecule has 5 unspecified atom stereocenters. The number of amides is 3. The number of hydrogen-bond acceptors (Lipinski definition) is 7. The number of nitrogens with zero attached hydrogens (tertiary/aromatic N) is 1. The molecule has 1 aromatic heterocycles. The maximum Gasteiger partial charge on any atom is 0.326 e. The van der Waals surface area contributed by atoms with E-state index in [1.54, 1.807) is 0 Å². The summed E-state index contributed by atoms with van der Waals surface area (Å²) in [6.45, 7) is 4.09. The van der Waals surface area contributed by atoms with Gasteiger partial charge in [0.05, 0.1) is 12.4 Å². The molecule has 28 heavy (non-hydrogen) atoms. The zero-order valence-electron chi connectivity index (χ0n) is 15.8. The fourth-order valence-corrected chi connectivity index (χ4v) is 2.11. The van der Waals surface area contributed by atoms with Crippen LogP contribution in [-0.4, -0.2) is 74.1 Å². The van der Waals surface area contributed by atoms with Crippen LogP contribution in [0.1, 0.15) is 26.5 Å². The van der Waals surface area contributed by atoms with Crippen LogP contribution in [0.5, 0.6) is 0 Å². The summed E-state index contributed by atoms with van der Waals surface area (Å²) >= 11 is 0. The Labute approximate surface area is 161 Å². The first-order chi connectivity index (χ1) is 13.0. The fraction of sp³-hybridized carbons (Fsp3) is 0.562. The van der Waals surface area contributed by atoms with E-state index in [-0.39, 0.29) is 6.42 Å². The fourth-order valence-electron chi connectivity index (χ4n) is 2.11. The Bertz CT molecular complexity index is 692. The zero-order chi connectivity index (χ0) is 21.4. The SMILES string of the molecule is CC(NC(=O)C(C)NC(=O)C(N)C(C)O)C(=O)NC(Cc1cnc[nH]1)C(=O)O. The van der Waals surface area contributed by atoms with E-state index in [9.17, 15) is 29.4 Å². The Balaban J connectivity index is 2.58. The van der Waals surface area contributed by atoms with Crippen LogP contribution < -0.4 is 21.7 Å². The summed E-state index contributed by atoms with van der Waals surface area (Å²) < 4.78 is 0. The van der Waals surface area contributed by atoms with Crippen LogP contribution in [0.15, 0.2) is 12.5 Å². The van der Waals surface area contributed by atoms with Gasteiger partial charge in [-0.25, -0.2) is 9.78 Å². The van der Waals surface area contributed by atoms with Crippen LogP contribution >= 0.6 is 0 Å². The van der Waals surface area contributed by atoms with Gasteiger partial charge in [-0.2, -0.15) is 0 Å². The minimum atomic E-state index is -1.24. The molecule has 8 N–H and O–H groups in total. The second kappa shape index (κ2) is 10.4. The monoisotopic (exact) mass is 398 g/mol. The highest BCUT2D eigenvalue weighted by molar-refractivity contribution is 5.93. The summed E-state index contributed by atoms with van der Waals surface area (Å²) in [5.41, 5.74) is 6.00. The van der Waals surface area contributed by atoms with Gasteiger partial charge in [0.1, 0.15) is 24.2 Å². The van der Waals surface area contributed by atoms with E-state index in [0.29, 0.717) is 5.69 Å². The van der Waals surface area contributed by atoms with Crippen LogP contribution in [0.4, 0.5) is 0 Å². The highest BCUT2D eigenvalue weighted by atomic mass is 16.4. The van der Waals surface area contributed by atoms with Gasteiger partial charge in [-0.05, 0) is 20.8 Å². The zero-order valence-corrected chi connectivity index (χ0v) is 15.8. The molecule has 1 heterocycles. The minimum Gasteiger partial charge on any atom is -0.480 e. The van der Waals surface area contributed by atoms with E-state index in [1.165, 1.54) is 33.3 Å². The Hall–Kier alpha value is -2.99. The standard InChI is InChI=1S/C16H26N6O6/c1-7(21-15(26)12(17)9(3)23)13(24)20-8(2)14(25)22-11(16(27)28)4-10-5-18-6-19-10/h5-9,11-12,23H,4,17H2,1-3H3,(H,18,19)(H,20,24)(H,21,26)(H,22,25)(H,27,28). The summed E-state index contributed by atoms with van der Waals surface area (Å²) in [7, 11) is 0. The van der Waals surface area contributed by atoms with Crippen molar-refractivity contribution in [1.29, 1.82) is 0 Å². The summed E-state index contributed by atoms with van der Waals surface area (Å²) in [5, 5.41) is 25.6. The van der Waals surface area contributed by atoms with Gasteiger partial charge in [0.15, 0.2) is 0 Å². The van der Waals surface area contributed by atoms with E-state index >= 15 is 0 Å². The molecule has 3 amide bonds. The lowest BCUT2D eigenvalue weighted by molar-refractivity contribution is -0.142. The van der Waals surface area contributed by atoms with Gasteiger partial charge in [0.25, 0.3) is 0 Å². The van der Waals surface area contributed by atoms with E-state index in [2.05, 4.69) is 25.9 Å². The average molecular weight is 398 g/mol. The second-order valence-corrected chi connectivity index (χ2v) is 6.41. The molecule has 12 heteroatoms. The lowest BCUT2D eigenvalue weighted by Gasteiger charge is -2.22. The van der Waals surface area contributed by atoms with E-state index in [1.807, 2.05) is 0 Å². The topological polar surface area (TPSA) is 200 Å². The predicted molar refractivity (Wildman–Crippen MR) is 96.7 cm³/mol. The van der Waals surface area contributed by atoms with Gasteiger partial charge in [-0.1, -0.05) is 0 Å². The minimum absolute atomic E-state index is 0.00850. The molecule has 0 spiro atoms. The molecule has 0 bridgehead atoms. The largest absolute Gasteiger partial charge is 0.480 e. The number of imidazole rings is 1. The molecule has 0 saturated heterocycles. The number of carbonyl (C=O) groups excluding carboxylic acids is 3. The summed E-state index contributed by atoms with van der Waals surface area (Å²) in [4.78, 5) is 54.0. The Morgan fingerprint density at radius 3 is 2.07 bits per heavy atom. The second-order valence-electron chi connectivity index (χ2n) is 6.41. The molecule has 0 radical (unpaired) electrons. The number of aliphatic hydroxyl groups excluding tert-OH is 1. The van der Waals surface area contributed by atoms with Crippen molar-refractivity contribution in [3.05, 3.63) is 18.2 Å². The van der Waals surface area contributed by atoms with Crippen molar-refractivity contribution >= 4 is 23.7 Å². The first kappa shape index (κ1) is 23.0. The van der Waals surface area contributed by atoms with Crippen molar-refractivity contribution in [3.63, 3.8) is 0 Å². The number of aliphatic carboxylic acids is 1. The maximum atomic E-state index is 12.2. The first-order valence-electron chi connectivity index (χ1n) is 8.57. The van der Waals surface area contributed by atoms with Crippen molar-refractivity contribution in [1.82, 2.24) is 25.9 Å². The number of aromatic amines is 1. The molecule has 0 aliphatic carbocycles. The van der Waals surface area contributed by atoms with Crippen molar-refractivity contribution < 1.29 is 29.4 Å². The number of rotatable bonds is 10. The third-order valence-electron chi connectivity index (χ3n) is 3.92. The molecule has 0 aromatic carbocycles. The van der Waals surface area contributed by atoms with E-state index in [4.69, 9.17) is 5.73 Å². The van der Waals surface area contributed by atoms with Gasteiger partial charge >= 0.3 is 5.97 Å².